The van der Waals surface area contributed by atoms with Crippen LogP contribution in [-0.4, -0.2) is 19.0 Å². The highest BCUT2D eigenvalue weighted by molar-refractivity contribution is 6.32. The van der Waals surface area contributed by atoms with E-state index in [2.05, 4.69) is 5.32 Å². The molecule has 0 saturated heterocycles. The number of benzene rings is 2. The summed E-state index contributed by atoms with van der Waals surface area (Å²) in [5, 5.41) is 2.94. The number of ether oxygens (including phenoxy) is 3. The molecule has 1 aliphatic rings. The van der Waals surface area contributed by atoms with Crippen LogP contribution in [0.15, 0.2) is 36.4 Å². The molecule has 0 saturated carbocycles. The lowest BCUT2D eigenvalue weighted by Gasteiger charge is -2.27. The Bertz CT molecular complexity index is 836. The Morgan fingerprint density at radius 1 is 1.32 bits per heavy atom. The van der Waals surface area contributed by atoms with Crippen LogP contribution in [0, 0.1) is 0 Å². The van der Waals surface area contributed by atoms with Crippen LogP contribution >= 0.6 is 11.6 Å². The van der Waals surface area contributed by atoms with E-state index >= 15 is 0 Å². The molecule has 1 N–H and O–H groups in total. The number of carbonyl (C=O) groups excluding carboxylic acids is 2. The minimum atomic E-state index is -0.732. The summed E-state index contributed by atoms with van der Waals surface area (Å²) in [5.74, 6) is 0.226. The summed E-state index contributed by atoms with van der Waals surface area (Å²) < 4.78 is 16.3. The molecule has 0 aromatic heterocycles. The maximum atomic E-state index is 12.2. The molecular weight excluding hydrogens is 346 g/mol. The Balaban J connectivity index is 1.95. The van der Waals surface area contributed by atoms with Gasteiger partial charge in [-0.25, -0.2) is 0 Å². The summed E-state index contributed by atoms with van der Waals surface area (Å²) in [6.07, 6.45) is -0.524. The first-order valence-electron chi connectivity index (χ1n) is 7.68. The van der Waals surface area contributed by atoms with Gasteiger partial charge in [-0.15, -0.1) is 0 Å². The van der Waals surface area contributed by atoms with Crippen molar-refractivity contribution in [3.05, 3.63) is 52.5 Å². The number of halogens is 1. The molecule has 25 heavy (non-hydrogen) atoms. The van der Waals surface area contributed by atoms with Crippen molar-refractivity contribution < 1.29 is 23.8 Å². The topological polar surface area (TPSA) is 73.9 Å². The van der Waals surface area contributed by atoms with E-state index in [-0.39, 0.29) is 28.8 Å². The first-order valence-corrected chi connectivity index (χ1v) is 8.06. The summed E-state index contributed by atoms with van der Waals surface area (Å²) >= 11 is 6.24. The van der Waals surface area contributed by atoms with Gasteiger partial charge in [0.05, 0.1) is 17.7 Å². The number of carbonyl (C=O) groups is 2. The number of fused-ring (bicyclic) bond motifs is 1. The van der Waals surface area contributed by atoms with Crippen molar-refractivity contribution in [3.63, 3.8) is 0 Å². The first-order chi connectivity index (χ1) is 12.0. The van der Waals surface area contributed by atoms with Gasteiger partial charge in [-0.05, 0) is 24.3 Å². The van der Waals surface area contributed by atoms with Gasteiger partial charge in [-0.2, -0.15) is 0 Å². The number of amides is 1. The van der Waals surface area contributed by atoms with Crippen LogP contribution in [-0.2, 0) is 4.79 Å². The SMILES string of the molecule is CCC(=O)Oc1c(Cl)cc([C@@H]2NC(=O)c3ccccc3O2)cc1OC. The second-order valence-electron chi connectivity index (χ2n) is 5.33. The molecule has 1 heterocycles. The van der Waals surface area contributed by atoms with Gasteiger partial charge < -0.3 is 19.5 Å². The van der Waals surface area contributed by atoms with Crippen LogP contribution in [0.1, 0.15) is 35.5 Å². The van der Waals surface area contributed by atoms with Gasteiger partial charge in [0.1, 0.15) is 5.75 Å². The Morgan fingerprint density at radius 3 is 2.80 bits per heavy atom. The maximum absolute atomic E-state index is 12.2. The summed E-state index contributed by atoms with van der Waals surface area (Å²) in [7, 11) is 1.44. The van der Waals surface area contributed by atoms with Gasteiger partial charge in [-0.1, -0.05) is 30.7 Å². The third-order valence-corrected chi connectivity index (χ3v) is 3.98. The summed E-state index contributed by atoms with van der Waals surface area (Å²) in [6, 6.07) is 10.1. The number of methoxy groups -OCH3 is 1. The van der Waals surface area contributed by atoms with Crippen molar-refractivity contribution >= 4 is 23.5 Å². The van der Waals surface area contributed by atoms with E-state index < -0.39 is 12.2 Å². The average Bonchev–Trinajstić information content (AvgIpc) is 2.62. The number of hydrogen-bond donors (Lipinski definition) is 1. The van der Waals surface area contributed by atoms with E-state index in [1.165, 1.54) is 7.11 Å². The average molecular weight is 362 g/mol. The van der Waals surface area contributed by atoms with Crippen molar-refractivity contribution in [1.82, 2.24) is 5.32 Å². The summed E-state index contributed by atoms with van der Waals surface area (Å²) in [4.78, 5) is 23.8. The van der Waals surface area contributed by atoms with Gasteiger partial charge in [0.25, 0.3) is 5.91 Å². The zero-order valence-corrected chi connectivity index (χ0v) is 14.4. The van der Waals surface area contributed by atoms with Gasteiger partial charge in [0, 0.05) is 12.0 Å². The predicted octanol–water partition coefficient (Wildman–Crippen LogP) is 3.49. The smallest absolute Gasteiger partial charge is 0.311 e. The van der Waals surface area contributed by atoms with E-state index in [0.717, 1.165) is 0 Å². The molecule has 2 aromatic carbocycles. The number of hydrogen-bond acceptors (Lipinski definition) is 5. The zero-order valence-electron chi connectivity index (χ0n) is 13.7. The van der Waals surface area contributed by atoms with Gasteiger partial charge in [-0.3, -0.25) is 9.59 Å². The van der Waals surface area contributed by atoms with Crippen LogP contribution in [0.2, 0.25) is 5.02 Å². The van der Waals surface area contributed by atoms with E-state index in [1.54, 1.807) is 43.3 Å². The first kappa shape index (κ1) is 17.1. The molecule has 1 amide bonds. The predicted molar refractivity (Wildman–Crippen MR) is 91.2 cm³/mol. The van der Waals surface area contributed by atoms with Crippen molar-refractivity contribution in [2.24, 2.45) is 0 Å². The fraction of sp³-hybridized carbons (Fsp3) is 0.222. The molecule has 0 radical (unpaired) electrons. The highest BCUT2D eigenvalue weighted by Crippen LogP contribution is 2.39. The molecule has 1 atom stereocenters. The highest BCUT2D eigenvalue weighted by Gasteiger charge is 2.28. The molecular formula is C18H16ClNO5. The Labute approximate surface area is 149 Å². The lowest BCUT2D eigenvalue weighted by atomic mass is 10.1. The Hall–Kier alpha value is -2.73. The minimum absolute atomic E-state index is 0.141. The van der Waals surface area contributed by atoms with Crippen LogP contribution < -0.4 is 19.5 Å². The molecule has 0 unspecified atom stereocenters. The minimum Gasteiger partial charge on any atom is -0.493 e. The monoisotopic (exact) mass is 361 g/mol. The molecule has 6 nitrogen and oxygen atoms in total. The Kier molecular flexibility index (Phi) is 4.81. The standard InChI is InChI=1S/C18H16ClNO5/c1-3-15(21)25-16-12(19)8-10(9-14(16)23-2)18-20-17(22)11-6-4-5-7-13(11)24-18/h4-9,18H,3H2,1-2H3,(H,20,22)/t18-/m1/s1. The largest absolute Gasteiger partial charge is 0.493 e. The molecule has 2 aromatic rings. The molecule has 0 aliphatic carbocycles. The van der Waals surface area contributed by atoms with Gasteiger partial charge in [0.15, 0.2) is 17.7 Å². The Morgan fingerprint density at radius 2 is 2.08 bits per heavy atom. The molecule has 0 bridgehead atoms. The molecule has 0 fully saturated rings. The van der Waals surface area contributed by atoms with Crippen molar-refractivity contribution in [1.29, 1.82) is 0 Å². The number of rotatable bonds is 4. The van der Waals surface area contributed by atoms with Crippen LogP contribution in [0.25, 0.3) is 0 Å². The van der Waals surface area contributed by atoms with E-state index in [0.29, 0.717) is 16.9 Å². The fourth-order valence-corrected chi connectivity index (χ4v) is 2.70. The molecule has 0 spiro atoms. The molecule has 7 heteroatoms. The third-order valence-electron chi connectivity index (χ3n) is 3.70. The second-order valence-corrected chi connectivity index (χ2v) is 5.74. The quantitative estimate of drug-likeness (QED) is 0.666. The van der Waals surface area contributed by atoms with E-state index in [1.807, 2.05) is 0 Å². The van der Waals surface area contributed by atoms with Gasteiger partial charge in [0.2, 0.25) is 0 Å². The maximum Gasteiger partial charge on any atom is 0.311 e. The van der Waals surface area contributed by atoms with Crippen LogP contribution in [0.3, 0.4) is 0 Å². The number of esters is 1. The van der Waals surface area contributed by atoms with Crippen molar-refractivity contribution in [3.8, 4) is 17.2 Å². The molecule has 130 valence electrons. The van der Waals surface area contributed by atoms with Gasteiger partial charge >= 0.3 is 5.97 Å². The lowest BCUT2D eigenvalue weighted by molar-refractivity contribution is -0.134. The van der Waals surface area contributed by atoms with E-state index in [9.17, 15) is 9.59 Å². The fourth-order valence-electron chi connectivity index (χ4n) is 2.44. The number of nitrogens with one attached hydrogen (secondary N) is 1. The highest BCUT2D eigenvalue weighted by atomic mass is 35.5. The van der Waals surface area contributed by atoms with Crippen LogP contribution in [0.4, 0.5) is 0 Å². The van der Waals surface area contributed by atoms with Crippen LogP contribution in [0.5, 0.6) is 17.2 Å². The molecule has 1 aliphatic heterocycles. The third kappa shape index (κ3) is 3.39. The normalized spacial score (nSPS) is 15.6. The summed E-state index contributed by atoms with van der Waals surface area (Å²) in [6.45, 7) is 1.68. The van der Waals surface area contributed by atoms with Crippen molar-refractivity contribution in [2.45, 2.75) is 19.6 Å². The summed E-state index contributed by atoms with van der Waals surface area (Å²) in [5.41, 5.74) is 1.03. The number of para-hydroxylation sites is 1. The lowest BCUT2D eigenvalue weighted by Crippen LogP contribution is -2.36. The second kappa shape index (κ2) is 7.03. The molecule has 3 rings (SSSR count). The van der Waals surface area contributed by atoms with E-state index in [4.69, 9.17) is 25.8 Å². The zero-order chi connectivity index (χ0) is 18.0. The van der Waals surface area contributed by atoms with Crippen molar-refractivity contribution in [2.75, 3.05) is 7.11 Å².